The first-order chi connectivity index (χ1) is 7.66. The highest BCUT2D eigenvalue weighted by Gasteiger charge is 2.15. The van der Waals surface area contributed by atoms with E-state index in [0.717, 1.165) is 38.5 Å². The Morgan fingerprint density at radius 1 is 1.38 bits per heavy atom. The third-order valence-electron chi connectivity index (χ3n) is 2.95. The zero-order valence-corrected chi connectivity index (χ0v) is 10.4. The van der Waals surface area contributed by atoms with Gasteiger partial charge in [-0.25, -0.2) is 4.98 Å². The van der Waals surface area contributed by atoms with Gasteiger partial charge in [-0.2, -0.15) is 0 Å². The summed E-state index contributed by atoms with van der Waals surface area (Å²) in [6.45, 7) is 11.1. The summed E-state index contributed by atoms with van der Waals surface area (Å²) >= 11 is 0. The molecule has 4 nitrogen and oxygen atoms in total. The molecule has 16 heavy (non-hydrogen) atoms. The first-order valence-corrected chi connectivity index (χ1v) is 6.01. The quantitative estimate of drug-likeness (QED) is 0.780. The van der Waals surface area contributed by atoms with E-state index in [9.17, 15) is 0 Å². The van der Waals surface area contributed by atoms with Gasteiger partial charge in [0.05, 0.1) is 25.5 Å². The summed E-state index contributed by atoms with van der Waals surface area (Å²) in [4.78, 5) is 7.01. The molecule has 0 saturated carbocycles. The molecule has 0 N–H and O–H groups in total. The lowest BCUT2D eigenvalue weighted by Gasteiger charge is -2.26. The minimum Gasteiger partial charge on any atom is -0.379 e. The third kappa shape index (κ3) is 2.62. The van der Waals surface area contributed by atoms with Gasteiger partial charge in [0, 0.05) is 25.3 Å². The minimum atomic E-state index is 0.484. The summed E-state index contributed by atoms with van der Waals surface area (Å²) in [5.41, 5.74) is 1.11. The highest BCUT2D eigenvalue weighted by Crippen LogP contribution is 2.13. The first kappa shape index (κ1) is 11.6. The Bertz CT molecular complexity index is 340. The lowest BCUT2D eigenvalue weighted by Crippen LogP contribution is -2.36. The van der Waals surface area contributed by atoms with Crippen molar-refractivity contribution in [2.24, 2.45) is 0 Å². The van der Waals surface area contributed by atoms with Crippen LogP contribution in [0.3, 0.4) is 0 Å². The third-order valence-corrected chi connectivity index (χ3v) is 2.95. The van der Waals surface area contributed by atoms with E-state index in [1.807, 2.05) is 0 Å². The molecule has 0 aliphatic carbocycles. The minimum absolute atomic E-state index is 0.484. The van der Waals surface area contributed by atoms with Gasteiger partial charge < -0.3 is 9.30 Å². The van der Waals surface area contributed by atoms with Crippen LogP contribution in [0.4, 0.5) is 0 Å². The molecule has 0 aromatic carbocycles. The number of imidazole rings is 1. The highest BCUT2D eigenvalue weighted by molar-refractivity contribution is 5.03. The summed E-state index contributed by atoms with van der Waals surface area (Å²) in [7, 11) is 0. The predicted octanol–water partition coefficient (Wildman–Crippen LogP) is 1.60. The normalized spacial score (nSPS) is 18.2. The molecular formula is C12H21N3O. The molecule has 4 heteroatoms. The Morgan fingerprint density at radius 2 is 2.06 bits per heavy atom. The lowest BCUT2D eigenvalue weighted by atomic mass is 10.3. The van der Waals surface area contributed by atoms with Crippen molar-refractivity contribution in [3.05, 3.63) is 17.7 Å². The van der Waals surface area contributed by atoms with Gasteiger partial charge in [-0.3, -0.25) is 4.90 Å². The van der Waals surface area contributed by atoms with Gasteiger partial charge in [0.1, 0.15) is 5.82 Å². The van der Waals surface area contributed by atoms with E-state index >= 15 is 0 Å². The number of nitrogens with zero attached hydrogens (tertiary/aromatic N) is 3. The van der Waals surface area contributed by atoms with Gasteiger partial charge in [0.2, 0.25) is 0 Å². The first-order valence-electron chi connectivity index (χ1n) is 6.01. The van der Waals surface area contributed by atoms with E-state index < -0.39 is 0 Å². The van der Waals surface area contributed by atoms with Gasteiger partial charge in [-0.1, -0.05) is 0 Å². The maximum Gasteiger partial charge on any atom is 0.123 e. The van der Waals surface area contributed by atoms with Crippen LogP contribution in [0, 0.1) is 6.92 Å². The van der Waals surface area contributed by atoms with Crippen molar-refractivity contribution < 1.29 is 4.74 Å². The molecular weight excluding hydrogens is 202 g/mol. The van der Waals surface area contributed by atoms with Gasteiger partial charge in [-0.05, 0) is 20.8 Å². The predicted molar refractivity (Wildman–Crippen MR) is 63.4 cm³/mol. The molecule has 90 valence electrons. The number of hydrogen-bond donors (Lipinski definition) is 0. The van der Waals surface area contributed by atoms with E-state index in [1.54, 1.807) is 0 Å². The van der Waals surface area contributed by atoms with Crippen LogP contribution in [-0.4, -0.2) is 40.8 Å². The van der Waals surface area contributed by atoms with E-state index in [0.29, 0.717) is 6.04 Å². The van der Waals surface area contributed by atoms with Crippen molar-refractivity contribution >= 4 is 0 Å². The van der Waals surface area contributed by atoms with Crippen LogP contribution < -0.4 is 0 Å². The van der Waals surface area contributed by atoms with Crippen LogP contribution in [0.15, 0.2) is 6.20 Å². The zero-order valence-electron chi connectivity index (χ0n) is 10.4. The molecule has 1 aromatic heterocycles. The molecule has 0 atom stereocenters. The number of hydrogen-bond acceptors (Lipinski definition) is 3. The fourth-order valence-electron chi connectivity index (χ4n) is 2.09. The number of aromatic nitrogens is 2. The number of morpholine rings is 1. The van der Waals surface area contributed by atoms with Crippen LogP contribution in [0.2, 0.25) is 0 Å². The van der Waals surface area contributed by atoms with E-state index in [-0.39, 0.29) is 0 Å². The van der Waals surface area contributed by atoms with Gasteiger partial charge in [0.15, 0.2) is 0 Å². The monoisotopic (exact) mass is 223 g/mol. The molecule has 0 spiro atoms. The topological polar surface area (TPSA) is 30.3 Å². The van der Waals surface area contributed by atoms with Crippen molar-refractivity contribution in [2.45, 2.75) is 33.4 Å². The molecule has 1 aliphatic heterocycles. The van der Waals surface area contributed by atoms with Crippen LogP contribution in [0.5, 0.6) is 0 Å². The number of ether oxygens (including phenoxy) is 1. The average molecular weight is 223 g/mol. The van der Waals surface area contributed by atoms with Crippen LogP contribution in [0.25, 0.3) is 0 Å². The molecule has 0 unspecified atom stereocenters. The van der Waals surface area contributed by atoms with Crippen molar-refractivity contribution in [1.82, 2.24) is 14.5 Å². The Labute approximate surface area is 97.2 Å². The smallest absolute Gasteiger partial charge is 0.123 e. The Kier molecular flexibility index (Phi) is 3.61. The number of rotatable bonds is 3. The molecule has 0 radical (unpaired) electrons. The highest BCUT2D eigenvalue weighted by atomic mass is 16.5. The SMILES string of the molecule is Cc1cn(C(C)C)c(CN2CCOCC2)n1. The van der Waals surface area contributed by atoms with Gasteiger partial charge in [0.25, 0.3) is 0 Å². The lowest BCUT2D eigenvalue weighted by molar-refractivity contribution is 0.0324. The fraction of sp³-hybridized carbons (Fsp3) is 0.750. The van der Waals surface area contributed by atoms with Crippen molar-refractivity contribution in [3.8, 4) is 0 Å². The average Bonchev–Trinajstić information content (AvgIpc) is 2.61. The standard InChI is InChI=1S/C12H21N3O/c1-10(2)15-8-11(3)13-12(15)9-14-4-6-16-7-5-14/h8,10H,4-7,9H2,1-3H3. The van der Waals surface area contributed by atoms with E-state index in [2.05, 4.69) is 41.4 Å². The summed E-state index contributed by atoms with van der Waals surface area (Å²) in [5.74, 6) is 1.18. The fourth-order valence-corrected chi connectivity index (χ4v) is 2.09. The Hall–Kier alpha value is -0.870. The Balaban J connectivity index is 2.07. The van der Waals surface area contributed by atoms with Gasteiger partial charge >= 0.3 is 0 Å². The summed E-state index contributed by atoms with van der Waals surface area (Å²) in [5, 5.41) is 0. The summed E-state index contributed by atoms with van der Waals surface area (Å²) in [6, 6.07) is 0.484. The van der Waals surface area contributed by atoms with Crippen molar-refractivity contribution in [1.29, 1.82) is 0 Å². The van der Waals surface area contributed by atoms with Gasteiger partial charge in [-0.15, -0.1) is 0 Å². The molecule has 1 saturated heterocycles. The zero-order chi connectivity index (χ0) is 11.5. The van der Waals surface area contributed by atoms with Crippen LogP contribution in [-0.2, 0) is 11.3 Å². The number of aryl methyl sites for hydroxylation is 1. The second-order valence-electron chi connectivity index (χ2n) is 4.69. The molecule has 1 fully saturated rings. The molecule has 1 aromatic rings. The van der Waals surface area contributed by atoms with Crippen LogP contribution >= 0.6 is 0 Å². The largest absolute Gasteiger partial charge is 0.379 e. The summed E-state index contributed by atoms with van der Waals surface area (Å²) < 4.78 is 7.62. The maximum absolute atomic E-state index is 5.35. The Morgan fingerprint density at radius 3 is 2.69 bits per heavy atom. The van der Waals surface area contributed by atoms with Crippen molar-refractivity contribution in [3.63, 3.8) is 0 Å². The van der Waals surface area contributed by atoms with E-state index in [4.69, 9.17) is 4.74 Å². The molecule has 2 rings (SSSR count). The summed E-state index contributed by atoms with van der Waals surface area (Å²) in [6.07, 6.45) is 2.14. The van der Waals surface area contributed by atoms with Crippen molar-refractivity contribution in [2.75, 3.05) is 26.3 Å². The molecule has 1 aliphatic rings. The second kappa shape index (κ2) is 4.97. The maximum atomic E-state index is 5.35. The van der Waals surface area contributed by atoms with Crippen LogP contribution in [0.1, 0.15) is 31.4 Å². The second-order valence-corrected chi connectivity index (χ2v) is 4.69. The molecule has 0 bridgehead atoms. The molecule has 0 amide bonds. The molecule has 2 heterocycles. The van der Waals surface area contributed by atoms with E-state index in [1.165, 1.54) is 5.82 Å².